The van der Waals surface area contributed by atoms with Gasteiger partial charge in [0.2, 0.25) is 0 Å². The molecule has 0 heterocycles. The summed E-state index contributed by atoms with van der Waals surface area (Å²) >= 11 is 0. The average molecular weight is 260 g/mol. The normalized spacial score (nSPS) is 15.8. The van der Waals surface area contributed by atoms with Crippen molar-refractivity contribution in [3.8, 4) is 0 Å². The summed E-state index contributed by atoms with van der Waals surface area (Å²) in [5, 5.41) is 0. The maximum atomic E-state index is 2.32. The summed E-state index contributed by atoms with van der Waals surface area (Å²) in [7, 11) is 0. The van der Waals surface area contributed by atoms with Crippen molar-refractivity contribution in [3.05, 3.63) is 83.9 Å². The van der Waals surface area contributed by atoms with Crippen molar-refractivity contribution in [2.75, 3.05) is 0 Å². The van der Waals surface area contributed by atoms with Gasteiger partial charge in [0.25, 0.3) is 0 Å². The zero-order valence-corrected chi connectivity index (χ0v) is 11.8. The predicted octanol–water partition coefficient (Wildman–Crippen LogP) is 5.73. The van der Waals surface area contributed by atoms with Gasteiger partial charge in [0.05, 0.1) is 0 Å². The molecule has 0 N–H and O–H groups in total. The largest absolute Gasteiger partial charge is 0.0622 e. The van der Waals surface area contributed by atoms with Crippen LogP contribution in [0.2, 0.25) is 0 Å². The predicted molar refractivity (Wildman–Crippen MR) is 87.3 cm³/mol. The molecule has 0 aromatic heterocycles. The van der Waals surface area contributed by atoms with Crippen molar-refractivity contribution in [3.63, 3.8) is 0 Å². The first-order valence-corrected chi connectivity index (χ1v) is 7.44. The number of rotatable bonds is 2. The molecule has 0 unspecified atom stereocenters. The van der Waals surface area contributed by atoms with Gasteiger partial charge in [-0.05, 0) is 48.0 Å². The Hall–Kier alpha value is -2.08. The lowest BCUT2D eigenvalue weighted by Gasteiger charge is -2.13. The molecule has 2 aromatic rings. The van der Waals surface area contributed by atoms with Crippen molar-refractivity contribution in [1.82, 2.24) is 0 Å². The van der Waals surface area contributed by atoms with E-state index in [1.807, 2.05) is 0 Å². The number of benzene rings is 2. The minimum absolute atomic E-state index is 1.18. The van der Waals surface area contributed by atoms with E-state index in [0.29, 0.717) is 0 Å². The second kappa shape index (κ2) is 6.38. The summed E-state index contributed by atoms with van der Waals surface area (Å²) in [6.45, 7) is 0. The van der Waals surface area contributed by atoms with Crippen LogP contribution in [0.25, 0.3) is 11.1 Å². The highest BCUT2D eigenvalue weighted by atomic mass is 14.1. The zero-order chi connectivity index (χ0) is 13.6. The van der Waals surface area contributed by atoms with E-state index in [1.54, 1.807) is 0 Å². The molecule has 1 aliphatic rings. The number of allylic oxidation sites excluding steroid dienone is 4. The van der Waals surface area contributed by atoms with Gasteiger partial charge in [-0.2, -0.15) is 0 Å². The van der Waals surface area contributed by atoms with E-state index in [2.05, 4.69) is 72.8 Å². The van der Waals surface area contributed by atoms with Crippen molar-refractivity contribution >= 4 is 11.1 Å². The van der Waals surface area contributed by atoms with Crippen LogP contribution in [0.1, 0.15) is 36.8 Å². The molecule has 0 spiro atoms. The molecule has 0 radical (unpaired) electrons. The average Bonchev–Trinajstić information content (AvgIpc) is 2.49. The Balaban J connectivity index is 1.93. The van der Waals surface area contributed by atoms with Crippen molar-refractivity contribution in [1.29, 1.82) is 0 Å². The minimum Gasteiger partial charge on any atom is -0.0622 e. The van der Waals surface area contributed by atoms with Gasteiger partial charge in [-0.1, -0.05) is 72.8 Å². The van der Waals surface area contributed by atoms with Gasteiger partial charge < -0.3 is 0 Å². The van der Waals surface area contributed by atoms with Gasteiger partial charge in [-0.15, -0.1) is 0 Å². The van der Waals surface area contributed by atoms with Crippen LogP contribution in [0.15, 0.2) is 72.8 Å². The van der Waals surface area contributed by atoms with Crippen molar-refractivity contribution in [2.45, 2.75) is 25.7 Å². The van der Waals surface area contributed by atoms with Crippen LogP contribution < -0.4 is 0 Å². The maximum Gasteiger partial charge on any atom is -0.0225 e. The Bertz CT molecular complexity index is 546. The van der Waals surface area contributed by atoms with Gasteiger partial charge in [-0.25, -0.2) is 0 Å². The lowest BCUT2D eigenvalue weighted by molar-refractivity contribution is 0.774. The Morgan fingerprint density at radius 1 is 0.500 bits per heavy atom. The third kappa shape index (κ3) is 3.08. The van der Waals surface area contributed by atoms with Crippen LogP contribution in [0.4, 0.5) is 0 Å². The van der Waals surface area contributed by atoms with E-state index in [9.17, 15) is 0 Å². The molecule has 0 amide bonds. The molecule has 0 heteroatoms. The van der Waals surface area contributed by atoms with Crippen LogP contribution in [-0.4, -0.2) is 0 Å². The quantitative estimate of drug-likeness (QED) is 0.647. The Morgan fingerprint density at radius 2 is 0.900 bits per heavy atom. The van der Waals surface area contributed by atoms with Crippen LogP contribution in [0.5, 0.6) is 0 Å². The highest BCUT2D eigenvalue weighted by molar-refractivity contribution is 5.73. The molecule has 0 bridgehead atoms. The van der Waals surface area contributed by atoms with E-state index in [-0.39, 0.29) is 0 Å². The molecular formula is C20H20. The molecule has 2 aromatic carbocycles. The third-order valence-corrected chi connectivity index (χ3v) is 3.92. The van der Waals surface area contributed by atoms with Crippen LogP contribution >= 0.6 is 0 Å². The topological polar surface area (TPSA) is 0 Å². The third-order valence-electron chi connectivity index (χ3n) is 3.92. The summed E-state index contributed by atoms with van der Waals surface area (Å²) in [6, 6.07) is 21.5. The molecule has 0 aliphatic heterocycles. The van der Waals surface area contributed by atoms with Gasteiger partial charge in [0.15, 0.2) is 0 Å². The van der Waals surface area contributed by atoms with Crippen LogP contribution in [0, 0.1) is 0 Å². The summed E-state index contributed by atoms with van der Waals surface area (Å²) in [5.74, 6) is 0. The van der Waals surface area contributed by atoms with Gasteiger partial charge in [-0.3, -0.25) is 0 Å². The Morgan fingerprint density at radius 3 is 1.30 bits per heavy atom. The smallest absolute Gasteiger partial charge is 0.0225 e. The lowest BCUT2D eigenvalue weighted by atomic mass is 9.92. The number of hydrogen-bond donors (Lipinski definition) is 0. The fourth-order valence-electron chi connectivity index (χ4n) is 2.78. The lowest BCUT2D eigenvalue weighted by Crippen LogP contribution is -1.91. The highest BCUT2D eigenvalue weighted by Crippen LogP contribution is 2.28. The van der Waals surface area contributed by atoms with E-state index in [0.717, 1.165) is 0 Å². The van der Waals surface area contributed by atoms with Gasteiger partial charge >= 0.3 is 0 Å². The fraction of sp³-hybridized carbons (Fsp3) is 0.200. The van der Waals surface area contributed by atoms with Crippen molar-refractivity contribution in [2.24, 2.45) is 0 Å². The molecule has 20 heavy (non-hydrogen) atoms. The molecule has 0 saturated carbocycles. The summed E-state index contributed by atoms with van der Waals surface area (Å²) in [5.41, 5.74) is 5.63. The fourth-order valence-corrected chi connectivity index (χ4v) is 2.78. The van der Waals surface area contributed by atoms with Gasteiger partial charge in [0, 0.05) is 0 Å². The maximum absolute atomic E-state index is 2.32. The summed E-state index contributed by atoms with van der Waals surface area (Å²) < 4.78 is 0. The second-order valence-corrected chi connectivity index (χ2v) is 5.32. The molecule has 0 nitrogen and oxygen atoms in total. The van der Waals surface area contributed by atoms with Crippen LogP contribution in [-0.2, 0) is 0 Å². The zero-order valence-electron chi connectivity index (χ0n) is 11.8. The molecule has 100 valence electrons. The summed E-state index contributed by atoms with van der Waals surface area (Å²) in [6.07, 6.45) is 9.54. The first kappa shape index (κ1) is 12.9. The number of hydrogen-bond acceptors (Lipinski definition) is 0. The molecule has 3 rings (SSSR count). The van der Waals surface area contributed by atoms with E-state index < -0.39 is 0 Å². The Labute approximate surface area is 121 Å². The van der Waals surface area contributed by atoms with Gasteiger partial charge in [0.1, 0.15) is 0 Å². The monoisotopic (exact) mass is 260 g/mol. The van der Waals surface area contributed by atoms with E-state index in [4.69, 9.17) is 0 Å². The Kier molecular flexibility index (Phi) is 4.13. The minimum atomic E-state index is 1.18. The first-order chi connectivity index (χ1) is 9.93. The second-order valence-electron chi connectivity index (χ2n) is 5.32. The molecule has 0 saturated heterocycles. The molecular weight excluding hydrogens is 240 g/mol. The first-order valence-electron chi connectivity index (χ1n) is 7.44. The highest BCUT2D eigenvalue weighted by Gasteiger charge is 2.06. The molecule has 0 atom stereocenters. The van der Waals surface area contributed by atoms with E-state index in [1.165, 1.54) is 48.0 Å². The standard InChI is InChI=1S/C20H20/c1-3-9-17(10-4-1)19-13-7-8-14-20(16-15-19)18-11-5-2-6-12-18/h1-6,9-12,15-16H,7-8,13-14H2. The van der Waals surface area contributed by atoms with Crippen molar-refractivity contribution < 1.29 is 0 Å². The van der Waals surface area contributed by atoms with Crippen LogP contribution in [0.3, 0.4) is 0 Å². The van der Waals surface area contributed by atoms with E-state index >= 15 is 0 Å². The SMILES string of the molecule is C1=C(c2ccccc2)CCCCC(c2ccccc2)=C1. The molecule has 1 aliphatic carbocycles. The summed E-state index contributed by atoms with van der Waals surface area (Å²) in [4.78, 5) is 0. The molecule has 0 fully saturated rings.